The lowest BCUT2D eigenvalue weighted by Gasteiger charge is -2.48. The summed E-state index contributed by atoms with van der Waals surface area (Å²) in [7, 11) is 0. The summed E-state index contributed by atoms with van der Waals surface area (Å²) in [5.74, 6) is 0.0916. The van der Waals surface area contributed by atoms with Gasteiger partial charge in [-0.3, -0.25) is 19.8 Å². The first-order valence-corrected chi connectivity index (χ1v) is 8.74. The molecule has 0 aromatic heterocycles. The Morgan fingerprint density at radius 3 is 2.88 bits per heavy atom. The minimum Gasteiger partial charge on any atom is -0.370 e. The molecule has 7 nitrogen and oxygen atoms in total. The van der Waals surface area contributed by atoms with Gasteiger partial charge in [0.15, 0.2) is 0 Å². The van der Waals surface area contributed by atoms with Crippen molar-refractivity contribution in [2.45, 2.75) is 38.8 Å². The second kappa shape index (κ2) is 7.09. The summed E-state index contributed by atoms with van der Waals surface area (Å²) in [5, 5.41) is 11.1. The molecule has 0 unspecified atom stereocenters. The van der Waals surface area contributed by atoms with Gasteiger partial charge in [0.1, 0.15) is 0 Å². The van der Waals surface area contributed by atoms with E-state index in [2.05, 4.69) is 4.90 Å². The van der Waals surface area contributed by atoms with Crippen LogP contribution in [-0.2, 0) is 16.1 Å². The third-order valence-corrected chi connectivity index (χ3v) is 5.19. The van der Waals surface area contributed by atoms with E-state index >= 15 is 0 Å². The highest BCUT2D eigenvalue weighted by Crippen LogP contribution is 2.30. The largest absolute Gasteiger partial charge is 0.370 e. The summed E-state index contributed by atoms with van der Waals surface area (Å²) in [6.07, 6.45) is 1.95. The van der Waals surface area contributed by atoms with Gasteiger partial charge in [0, 0.05) is 38.2 Å². The first-order valence-electron chi connectivity index (χ1n) is 8.74. The molecule has 0 N–H and O–H groups in total. The number of piperidine rings is 1. The number of aryl methyl sites for hydroxylation is 1. The van der Waals surface area contributed by atoms with Crippen LogP contribution in [0.2, 0.25) is 0 Å². The minimum atomic E-state index is -0.328. The van der Waals surface area contributed by atoms with E-state index in [1.165, 1.54) is 0 Å². The number of amides is 1. The molecule has 0 aliphatic carbocycles. The molecule has 2 aliphatic heterocycles. The maximum atomic E-state index is 11.7. The number of hydrogen-bond acceptors (Lipinski definition) is 5. The Labute approximate surface area is 147 Å². The molecule has 2 saturated heterocycles. The molecule has 0 saturated carbocycles. The number of benzene rings is 1. The van der Waals surface area contributed by atoms with Gasteiger partial charge in [0.05, 0.1) is 23.7 Å². The average molecular weight is 347 g/mol. The van der Waals surface area contributed by atoms with Gasteiger partial charge in [-0.2, -0.15) is 0 Å². The van der Waals surface area contributed by atoms with Gasteiger partial charge in [-0.1, -0.05) is 12.1 Å². The van der Waals surface area contributed by atoms with E-state index in [-0.39, 0.29) is 22.1 Å². The van der Waals surface area contributed by atoms with Crippen LogP contribution in [0.4, 0.5) is 5.69 Å². The minimum absolute atomic E-state index is 0.0916. The van der Waals surface area contributed by atoms with Crippen molar-refractivity contribution in [1.82, 2.24) is 9.80 Å². The van der Waals surface area contributed by atoms with Crippen molar-refractivity contribution in [2.75, 3.05) is 32.8 Å². The third-order valence-electron chi connectivity index (χ3n) is 5.19. The van der Waals surface area contributed by atoms with Gasteiger partial charge < -0.3 is 9.64 Å². The molecule has 2 fully saturated rings. The van der Waals surface area contributed by atoms with Crippen molar-refractivity contribution < 1.29 is 14.5 Å². The van der Waals surface area contributed by atoms with Crippen molar-refractivity contribution >= 4 is 11.6 Å². The quantitative estimate of drug-likeness (QED) is 0.618. The summed E-state index contributed by atoms with van der Waals surface area (Å²) in [5.41, 5.74) is 1.48. The highest BCUT2D eigenvalue weighted by molar-refractivity contribution is 5.73. The number of morpholine rings is 1. The topological polar surface area (TPSA) is 75.9 Å². The van der Waals surface area contributed by atoms with E-state index in [0.29, 0.717) is 31.8 Å². The Bertz CT molecular complexity index is 674. The highest BCUT2D eigenvalue weighted by Gasteiger charge is 2.41. The van der Waals surface area contributed by atoms with Crippen molar-refractivity contribution in [1.29, 1.82) is 0 Å². The van der Waals surface area contributed by atoms with Gasteiger partial charge in [-0.25, -0.2) is 0 Å². The molecule has 1 amide bonds. The number of likely N-dealkylation sites (tertiary alicyclic amines) is 1. The third kappa shape index (κ3) is 3.99. The molecule has 25 heavy (non-hydrogen) atoms. The molecule has 1 aromatic rings. The SMILES string of the molecule is CC(=O)N1CCO[C@]2(CCCN(Cc3ccc(C)c([N+](=O)[O-])c3)C2)C1. The molecule has 7 heteroatoms. The number of nitrogens with zero attached hydrogens (tertiary/aromatic N) is 3. The lowest BCUT2D eigenvalue weighted by atomic mass is 9.90. The average Bonchev–Trinajstić information content (AvgIpc) is 2.56. The predicted octanol–water partition coefficient (Wildman–Crippen LogP) is 2.12. The van der Waals surface area contributed by atoms with E-state index in [9.17, 15) is 14.9 Å². The van der Waals surface area contributed by atoms with Gasteiger partial charge in [0.2, 0.25) is 5.91 Å². The summed E-state index contributed by atoms with van der Waals surface area (Å²) >= 11 is 0. The van der Waals surface area contributed by atoms with Gasteiger partial charge in [0.25, 0.3) is 5.69 Å². The zero-order valence-corrected chi connectivity index (χ0v) is 14.9. The molecule has 0 radical (unpaired) electrons. The monoisotopic (exact) mass is 347 g/mol. The summed E-state index contributed by atoms with van der Waals surface area (Å²) < 4.78 is 6.09. The molecular weight excluding hydrogens is 322 g/mol. The van der Waals surface area contributed by atoms with Crippen LogP contribution in [0.1, 0.15) is 30.9 Å². The molecule has 1 atom stereocenters. The molecule has 0 bridgehead atoms. The summed E-state index contributed by atoms with van der Waals surface area (Å²) in [6, 6.07) is 5.43. The molecule has 1 spiro atoms. The van der Waals surface area contributed by atoms with Crippen LogP contribution in [0.3, 0.4) is 0 Å². The smallest absolute Gasteiger partial charge is 0.272 e. The molecule has 3 rings (SSSR count). The number of nitro benzene ring substituents is 1. The zero-order valence-electron chi connectivity index (χ0n) is 14.9. The fourth-order valence-corrected chi connectivity index (χ4v) is 3.89. The Kier molecular flexibility index (Phi) is 5.06. The maximum Gasteiger partial charge on any atom is 0.272 e. The number of ether oxygens (including phenoxy) is 1. The van der Waals surface area contributed by atoms with E-state index in [1.807, 2.05) is 17.0 Å². The van der Waals surface area contributed by atoms with Crippen LogP contribution < -0.4 is 0 Å². The molecule has 2 aliphatic rings. The standard InChI is InChI=1S/C18H25N3O4/c1-14-4-5-16(10-17(14)21(23)24)11-19-7-3-6-18(12-19)13-20(15(2)22)8-9-25-18/h4-5,10H,3,6-9,11-13H2,1-2H3/t18-/m0/s1. The van der Waals surface area contributed by atoms with Crippen LogP contribution in [0, 0.1) is 17.0 Å². The maximum absolute atomic E-state index is 11.7. The van der Waals surface area contributed by atoms with Gasteiger partial charge in [-0.05, 0) is 31.9 Å². The van der Waals surface area contributed by atoms with Crippen LogP contribution in [0.15, 0.2) is 18.2 Å². The Balaban J connectivity index is 1.71. The van der Waals surface area contributed by atoms with Crippen LogP contribution in [0.5, 0.6) is 0 Å². The Morgan fingerprint density at radius 2 is 2.16 bits per heavy atom. The van der Waals surface area contributed by atoms with Crippen LogP contribution in [0.25, 0.3) is 0 Å². The molecule has 136 valence electrons. The molecule has 2 heterocycles. The summed E-state index contributed by atoms with van der Waals surface area (Å²) in [6.45, 7) is 7.56. The van der Waals surface area contributed by atoms with Crippen molar-refractivity contribution in [3.8, 4) is 0 Å². The van der Waals surface area contributed by atoms with Crippen LogP contribution in [-0.4, -0.2) is 59.0 Å². The lowest BCUT2D eigenvalue weighted by molar-refractivity contribution is -0.385. The first-order chi connectivity index (χ1) is 11.9. The lowest BCUT2D eigenvalue weighted by Crippen LogP contribution is -2.60. The molecule has 1 aromatic carbocycles. The Hall–Kier alpha value is -1.99. The number of hydrogen-bond donors (Lipinski definition) is 0. The first kappa shape index (κ1) is 17.8. The van der Waals surface area contributed by atoms with Crippen molar-refractivity contribution in [2.24, 2.45) is 0 Å². The van der Waals surface area contributed by atoms with E-state index in [4.69, 9.17) is 4.74 Å². The Morgan fingerprint density at radius 1 is 1.36 bits per heavy atom. The second-order valence-corrected chi connectivity index (χ2v) is 7.16. The van der Waals surface area contributed by atoms with E-state index < -0.39 is 0 Å². The van der Waals surface area contributed by atoms with Crippen molar-refractivity contribution in [3.05, 3.63) is 39.4 Å². The fourth-order valence-electron chi connectivity index (χ4n) is 3.89. The predicted molar refractivity (Wildman–Crippen MR) is 93.3 cm³/mol. The highest BCUT2D eigenvalue weighted by atomic mass is 16.6. The fraction of sp³-hybridized carbons (Fsp3) is 0.611. The van der Waals surface area contributed by atoms with Gasteiger partial charge >= 0.3 is 0 Å². The van der Waals surface area contributed by atoms with E-state index in [1.54, 1.807) is 19.9 Å². The molecular formula is C18H25N3O4. The normalized spacial score (nSPS) is 24.5. The number of carbonyl (C=O) groups is 1. The number of nitro groups is 1. The second-order valence-electron chi connectivity index (χ2n) is 7.16. The van der Waals surface area contributed by atoms with Crippen molar-refractivity contribution in [3.63, 3.8) is 0 Å². The van der Waals surface area contributed by atoms with Gasteiger partial charge in [-0.15, -0.1) is 0 Å². The zero-order chi connectivity index (χ0) is 18.0. The van der Waals surface area contributed by atoms with Crippen LogP contribution >= 0.6 is 0 Å². The van der Waals surface area contributed by atoms with E-state index in [0.717, 1.165) is 31.5 Å². The number of rotatable bonds is 3. The number of carbonyl (C=O) groups excluding carboxylic acids is 1. The summed E-state index contributed by atoms with van der Waals surface area (Å²) in [4.78, 5) is 26.7.